The first-order valence-corrected chi connectivity index (χ1v) is 9.29. The Kier molecular flexibility index (Phi) is 5.74. The molecule has 1 atom stereocenters. The van der Waals surface area contributed by atoms with Gasteiger partial charge in [-0.3, -0.25) is 4.79 Å². The maximum Gasteiger partial charge on any atom is 0.387 e. The summed E-state index contributed by atoms with van der Waals surface area (Å²) in [4.78, 5) is 25.9. The van der Waals surface area contributed by atoms with Crippen LogP contribution in [0.2, 0.25) is 0 Å². The van der Waals surface area contributed by atoms with Crippen LogP contribution in [0.25, 0.3) is 0 Å². The predicted molar refractivity (Wildman–Crippen MR) is 97.9 cm³/mol. The van der Waals surface area contributed by atoms with E-state index in [4.69, 9.17) is 4.74 Å². The highest BCUT2D eigenvalue weighted by molar-refractivity contribution is 7.17. The van der Waals surface area contributed by atoms with Crippen molar-refractivity contribution in [2.75, 3.05) is 12.4 Å². The molecule has 1 aromatic heterocycles. The highest BCUT2D eigenvalue weighted by atomic mass is 32.1. The van der Waals surface area contributed by atoms with Gasteiger partial charge in [0.15, 0.2) is 0 Å². The van der Waals surface area contributed by atoms with E-state index in [0.29, 0.717) is 16.5 Å². The Balaban J connectivity index is 1.84. The molecule has 1 aliphatic rings. The van der Waals surface area contributed by atoms with Crippen molar-refractivity contribution in [3.63, 3.8) is 0 Å². The lowest BCUT2D eigenvalue weighted by molar-refractivity contribution is -0.0498. The standard InChI is InChI=1S/C19H19F2NO4S/c1-10-3-8-13-14(9-10)27-17(15(13)18(24)25-2)22-16(23)11-4-6-12(7-5-11)26-19(20)21/h4-7,10,19H,3,8-9H2,1-2H3,(H,22,23)/t10-/m0/s1. The van der Waals surface area contributed by atoms with Crippen LogP contribution in [0, 0.1) is 5.92 Å². The quantitative estimate of drug-likeness (QED) is 0.757. The lowest BCUT2D eigenvalue weighted by Gasteiger charge is -2.18. The highest BCUT2D eigenvalue weighted by Crippen LogP contribution is 2.40. The number of hydrogen-bond acceptors (Lipinski definition) is 5. The fraction of sp³-hybridized carbons (Fsp3) is 0.368. The molecule has 1 aromatic carbocycles. The Morgan fingerprint density at radius 1 is 1.26 bits per heavy atom. The van der Waals surface area contributed by atoms with Gasteiger partial charge in [-0.05, 0) is 55.0 Å². The molecule has 0 saturated carbocycles. The first-order valence-electron chi connectivity index (χ1n) is 8.48. The molecule has 1 amide bonds. The van der Waals surface area contributed by atoms with Crippen molar-refractivity contribution >= 4 is 28.2 Å². The number of thiophene rings is 1. The van der Waals surface area contributed by atoms with Crippen molar-refractivity contribution in [1.29, 1.82) is 0 Å². The van der Waals surface area contributed by atoms with E-state index in [0.717, 1.165) is 29.7 Å². The maximum absolute atomic E-state index is 12.5. The van der Waals surface area contributed by atoms with E-state index in [2.05, 4.69) is 17.0 Å². The summed E-state index contributed by atoms with van der Waals surface area (Å²) in [5.74, 6) is -0.418. The number of nitrogens with one attached hydrogen (secondary N) is 1. The second-order valence-corrected chi connectivity index (χ2v) is 7.51. The number of benzene rings is 1. The third-order valence-electron chi connectivity index (χ3n) is 4.47. The molecular weight excluding hydrogens is 376 g/mol. The van der Waals surface area contributed by atoms with Crippen LogP contribution < -0.4 is 10.1 Å². The minimum absolute atomic E-state index is 0.0302. The second-order valence-electron chi connectivity index (χ2n) is 6.40. The van der Waals surface area contributed by atoms with Gasteiger partial charge in [0, 0.05) is 10.4 Å². The van der Waals surface area contributed by atoms with Crippen LogP contribution in [0.15, 0.2) is 24.3 Å². The van der Waals surface area contributed by atoms with Crippen LogP contribution in [0.5, 0.6) is 5.75 Å². The number of anilines is 1. The van der Waals surface area contributed by atoms with E-state index in [9.17, 15) is 18.4 Å². The van der Waals surface area contributed by atoms with Gasteiger partial charge in [0.25, 0.3) is 5.91 Å². The third kappa shape index (κ3) is 4.27. The van der Waals surface area contributed by atoms with E-state index < -0.39 is 18.5 Å². The number of esters is 1. The molecule has 0 saturated heterocycles. The number of alkyl halides is 2. The number of fused-ring (bicyclic) bond motifs is 1. The van der Waals surface area contributed by atoms with E-state index in [1.807, 2.05) is 0 Å². The van der Waals surface area contributed by atoms with Gasteiger partial charge in [-0.15, -0.1) is 11.3 Å². The van der Waals surface area contributed by atoms with Crippen molar-refractivity contribution in [3.8, 4) is 5.75 Å². The van der Waals surface area contributed by atoms with E-state index in [1.165, 1.54) is 42.7 Å². The summed E-state index contributed by atoms with van der Waals surface area (Å²) in [6.45, 7) is -0.769. The highest BCUT2D eigenvalue weighted by Gasteiger charge is 2.29. The summed E-state index contributed by atoms with van der Waals surface area (Å²) < 4.78 is 33.6. The zero-order valence-electron chi connectivity index (χ0n) is 14.9. The number of carbonyl (C=O) groups excluding carboxylic acids is 2. The van der Waals surface area contributed by atoms with E-state index >= 15 is 0 Å². The topological polar surface area (TPSA) is 64.6 Å². The smallest absolute Gasteiger partial charge is 0.387 e. The van der Waals surface area contributed by atoms with Crippen molar-refractivity contribution in [3.05, 3.63) is 45.8 Å². The molecule has 0 bridgehead atoms. The summed E-state index contributed by atoms with van der Waals surface area (Å²) in [6, 6.07) is 5.37. The molecule has 1 N–H and O–H groups in total. The SMILES string of the molecule is COC(=O)c1c(NC(=O)c2ccc(OC(F)F)cc2)sc2c1CC[C@H](C)C2. The Morgan fingerprint density at radius 2 is 1.96 bits per heavy atom. The zero-order chi connectivity index (χ0) is 19.6. The number of halogens is 2. The third-order valence-corrected chi connectivity index (χ3v) is 5.64. The van der Waals surface area contributed by atoms with Crippen LogP contribution in [0.3, 0.4) is 0 Å². The predicted octanol–water partition coefficient (Wildman–Crippen LogP) is 4.51. The Morgan fingerprint density at radius 3 is 2.59 bits per heavy atom. The normalized spacial score (nSPS) is 16.0. The first-order chi connectivity index (χ1) is 12.9. The molecule has 1 aliphatic carbocycles. The number of amides is 1. The second kappa shape index (κ2) is 8.04. The van der Waals surface area contributed by atoms with Gasteiger partial charge >= 0.3 is 12.6 Å². The minimum Gasteiger partial charge on any atom is -0.465 e. The summed E-state index contributed by atoms with van der Waals surface area (Å²) in [5.41, 5.74) is 1.63. The van der Waals surface area contributed by atoms with E-state index in [-0.39, 0.29) is 11.3 Å². The van der Waals surface area contributed by atoms with Crippen LogP contribution in [0.1, 0.15) is 44.5 Å². The molecule has 0 radical (unpaired) electrons. The van der Waals surface area contributed by atoms with Gasteiger partial charge in [0.2, 0.25) is 0 Å². The summed E-state index contributed by atoms with van der Waals surface area (Å²) in [5, 5.41) is 3.22. The zero-order valence-corrected chi connectivity index (χ0v) is 15.7. The lowest BCUT2D eigenvalue weighted by atomic mass is 9.88. The number of ether oxygens (including phenoxy) is 2. The average Bonchev–Trinajstić information content (AvgIpc) is 2.97. The molecule has 2 aromatic rings. The van der Waals surface area contributed by atoms with Gasteiger partial charge in [0.1, 0.15) is 10.8 Å². The summed E-state index contributed by atoms with van der Waals surface area (Å²) >= 11 is 1.39. The van der Waals surface area contributed by atoms with Crippen molar-refractivity contribution in [2.24, 2.45) is 5.92 Å². The van der Waals surface area contributed by atoms with Gasteiger partial charge in [-0.2, -0.15) is 8.78 Å². The fourth-order valence-corrected chi connectivity index (χ4v) is 4.51. The molecule has 1 heterocycles. The van der Waals surface area contributed by atoms with Crippen molar-refractivity contribution in [2.45, 2.75) is 32.8 Å². The molecule has 0 spiro atoms. The first kappa shape index (κ1) is 19.3. The van der Waals surface area contributed by atoms with Crippen LogP contribution in [-0.2, 0) is 17.6 Å². The number of hydrogen-bond donors (Lipinski definition) is 1. The van der Waals surface area contributed by atoms with Crippen LogP contribution in [-0.4, -0.2) is 25.6 Å². The van der Waals surface area contributed by atoms with Crippen molar-refractivity contribution in [1.82, 2.24) is 0 Å². The fourth-order valence-electron chi connectivity index (χ4n) is 3.12. The number of methoxy groups -OCH3 is 1. The Labute approximate surface area is 159 Å². The molecule has 0 aliphatic heterocycles. The van der Waals surface area contributed by atoms with E-state index in [1.54, 1.807) is 0 Å². The maximum atomic E-state index is 12.5. The molecule has 3 rings (SSSR count). The lowest BCUT2D eigenvalue weighted by Crippen LogP contribution is -2.16. The number of rotatable bonds is 5. The van der Waals surface area contributed by atoms with Crippen LogP contribution >= 0.6 is 11.3 Å². The molecule has 5 nitrogen and oxygen atoms in total. The van der Waals surface area contributed by atoms with Gasteiger partial charge in [-0.1, -0.05) is 6.92 Å². The van der Waals surface area contributed by atoms with Gasteiger partial charge in [-0.25, -0.2) is 4.79 Å². The van der Waals surface area contributed by atoms with Crippen LogP contribution in [0.4, 0.5) is 13.8 Å². The summed E-state index contributed by atoms with van der Waals surface area (Å²) in [7, 11) is 1.31. The average molecular weight is 395 g/mol. The molecule has 27 heavy (non-hydrogen) atoms. The molecule has 0 fully saturated rings. The van der Waals surface area contributed by atoms with Gasteiger partial charge in [0.05, 0.1) is 12.7 Å². The Bertz CT molecular complexity index is 848. The van der Waals surface area contributed by atoms with Crippen molar-refractivity contribution < 1.29 is 27.8 Å². The molecule has 0 unspecified atom stereocenters. The molecular formula is C19H19F2NO4S. The van der Waals surface area contributed by atoms with Gasteiger partial charge < -0.3 is 14.8 Å². The monoisotopic (exact) mass is 395 g/mol. The number of carbonyl (C=O) groups is 2. The summed E-state index contributed by atoms with van der Waals surface area (Å²) in [6.07, 6.45) is 2.61. The minimum atomic E-state index is -2.92. The molecule has 144 valence electrons. The Hall–Kier alpha value is -2.48. The molecule has 8 heteroatoms. The largest absolute Gasteiger partial charge is 0.465 e.